The van der Waals surface area contributed by atoms with Gasteiger partial charge in [0.25, 0.3) is 5.91 Å². The topological polar surface area (TPSA) is 92.9 Å². The molecular weight excluding hydrogens is 310 g/mol. The number of nitrogens with zero attached hydrogens (tertiary/aromatic N) is 2. The Hall–Kier alpha value is -1.70. The predicted molar refractivity (Wildman–Crippen MR) is 85.8 cm³/mol. The lowest BCUT2D eigenvalue weighted by Crippen LogP contribution is -2.15. The highest BCUT2D eigenvalue weighted by Crippen LogP contribution is 2.26. The fourth-order valence-corrected chi connectivity index (χ4v) is 2.69. The summed E-state index contributed by atoms with van der Waals surface area (Å²) < 4.78 is 0. The minimum atomic E-state index is -0.314. The molecule has 112 valence electrons. The number of nitrogens with two attached hydrogens (primary N) is 1. The van der Waals surface area contributed by atoms with E-state index in [1.807, 2.05) is 5.38 Å². The molecule has 0 unspecified atom stereocenters. The standard InChI is InChI=1S/C13H16ClN5OS/c1-13(2,3)8-6-21-12(16-8)18-11(20)7-4-9(14)17-10(5-7)19-15/h4-6H,15H2,1-3H3,(H,17,19)(H,16,18,20). The first-order valence-corrected chi connectivity index (χ1v) is 7.47. The molecule has 0 aliphatic carbocycles. The smallest absolute Gasteiger partial charge is 0.257 e. The van der Waals surface area contributed by atoms with E-state index in [2.05, 4.69) is 41.5 Å². The molecule has 8 heteroatoms. The Labute approximate surface area is 131 Å². The van der Waals surface area contributed by atoms with Crippen LogP contribution < -0.4 is 16.6 Å². The van der Waals surface area contributed by atoms with Crippen molar-refractivity contribution >= 4 is 39.8 Å². The molecule has 21 heavy (non-hydrogen) atoms. The molecule has 0 saturated heterocycles. The number of aromatic nitrogens is 2. The second-order valence-corrected chi connectivity index (χ2v) is 6.70. The van der Waals surface area contributed by atoms with Crippen molar-refractivity contribution in [3.63, 3.8) is 0 Å². The Balaban J connectivity index is 2.18. The molecular formula is C13H16ClN5OS. The van der Waals surface area contributed by atoms with Gasteiger partial charge in [-0.2, -0.15) is 0 Å². The van der Waals surface area contributed by atoms with Crippen molar-refractivity contribution in [2.45, 2.75) is 26.2 Å². The van der Waals surface area contributed by atoms with Crippen LogP contribution in [0.2, 0.25) is 5.15 Å². The highest BCUT2D eigenvalue weighted by molar-refractivity contribution is 7.14. The fraction of sp³-hybridized carbons (Fsp3) is 0.308. The van der Waals surface area contributed by atoms with Gasteiger partial charge in [-0.05, 0) is 12.1 Å². The van der Waals surface area contributed by atoms with Crippen molar-refractivity contribution in [3.8, 4) is 0 Å². The van der Waals surface area contributed by atoms with E-state index in [0.717, 1.165) is 5.69 Å². The number of nitrogens with one attached hydrogen (secondary N) is 2. The van der Waals surface area contributed by atoms with Crippen LogP contribution in [0.15, 0.2) is 17.5 Å². The van der Waals surface area contributed by atoms with E-state index in [1.165, 1.54) is 23.5 Å². The number of pyridine rings is 1. The lowest BCUT2D eigenvalue weighted by atomic mass is 9.93. The van der Waals surface area contributed by atoms with Gasteiger partial charge in [0.15, 0.2) is 5.13 Å². The molecule has 0 saturated carbocycles. The number of hydrogen-bond donors (Lipinski definition) is 3. The van der Waals surface area contributed by atoms with Crippen LogP contribution in [0.25, 0.3) is 0 Å². The highest BCUT2D eigenvalue weighted by atomic mass is 35.5. The van der Waals surface area contributed by atoms with Crippen molar-refractivity contribution in [2.24, 2.45) is 5.84 Å². The molecule has 4 N–H and O–H groups in total. The van der Waals surface area contributed by atoms with Crippen LogP contribution in [0.3, 0.4) is 0 Å². The number of halogens is 1. The van der Waals surface area contributed by atoms with Gasteiger partial charge in [0.2, 0.25) is 0 Å². The molecule has 0 bridgehead atoms. The van der Waals surface area contributed by atoms with Crippen molar-refractivity contribution < 1.29 is 4.79 Å². The van der Waals surface area contributed by atoms with E-state index in [-0.39, 0.29) is 16.5 Å². The van der Waals surface area contributed by atoms with E-state index in [4.69, 9.17) is 17.4 Å². The average molecular weight is 326 g/mol. The molecule has 2 heterocycles. The number of thiazole rings is 1. The first kappa shape index (κ1) is 15.7. The van der Waals surface area contributed by atoms with Gasteiger partial charge in [-0.1, -0.05) is 32.4 Å². The zero-order valence-corrected chi connectivity index (χ0v) is 13.5. The number of anilines is 2. The maximum Gasteiger partial charge on any atom is 0.257 e. The summed E-state index contributed by atoms with van der Waals surface area (Å²) in [6.07, 6.45) is 0. The number of nitrogen functional groups attached to an aromatic ring is 1. The van der Waals surface area contributed by atoms with Crippen molar-refractivity contribution in [1.82, 2.24) is 9.97 Å². The lowest BCUT2D eigenvalue weighted by molar-refractivity contribution is 0.102. The van der Waals surface area contributed by atoms with E-state index in [9.17, 15) is 4.79 Å². The summed E-state index contributed by atoms with van der Waals surface area (Å²) in [6.45, 7) is 6.19. The number of hydrogen-bond acceptors (Lipinski definition) is 6. The summed E-state index contributed by atoms with van der Waals surface area (Å²) >= 11 is 7.22. The van der Waals surface area contributed by atoms with Gasteiger partial charge in [-0.3, -0.25) is 10.1 Å². The SMILES string of the molecule is CC(C)(C)c1csc(NC(=O)c2cc(Cl)nc(NN)c2)n1. The van der Waals surface area contributed by atoms with Gasteiger partial charge in [0.1, 0.15) is 11.0 Å². The molecule has 2 aromatic rings. The van der Waals surface area contributed by atoms with Crippen molar-refractivity contribution in [1.29, 1.82) is 0 Å². The molecule has 0 atom stereocenters. The number of amides is 1. The molecule has 0 radical (unpaired) electrons. The van der Waals surface area contributed by atoms with Gasteiger partial charge in [-0.15, -0.1) is 11.3 Å². The Morgan fingerprint density at radius 2 is 2.05 bits per heavy atom. The lowest BCUT2D eigenvalue weighted by Gasteiger charge is -2.14. The van der Waals surface area contributed by atoms with Crippen molar-refractivity contribution in [2.75, 3.05) is 10.7 Å². The van der Waals surface area contributed by atoms with E-state index >= 15 is 0 Å². The van der Waals surface area contributed by atoms with Gasteiger partial charge >= 0.3 is 0 Å². The van der Waals surface area contributed by atoms with Crippen molar-refractivity contribution in [3.05, 3.63) is 33.9 Å². The van der Waals surface area contributed by atoms with Gasteiger partial charge in [-0.25, -0.2) is 15.8 Å². The molecule has 0 spiro atoms. The minimum Gasteiger partial charge on any atom is -0.308 e. The summed E-state index contributed by atoms with van der Waals surface area (Å²) in [5.41, 5.74) is 3.59. The highest BCUT2D eigenvalue weighted by Gasteiger charge is 2.18. The summed E-state index contributed by atoms with van der Waals surface area (Å²) in [5, 5.41) is 5.40. The first-order chi connectivity index (χ1) is 9.79. The number of carbonyl (C=O) groups is 1. The molecule has 2 rings (SSSR count). The third-order valence-corrected chi connectivity index (χ3v) is 3.65. The molecule has 0 aliphatic heterocycles. The van der Waals surface area contributed by atoms with Crippen LogP contribution in [-0.2, 0) is 5.41 Å². The largest absolute Gasteiger partial charge is 0.308 e. The summed E-state index contributed by atoms with van der Waals surface area (Å²) in [5.74, 6) is 5.29. The second-order valence-electron chi connectivity index (χ2n) is 5.45. The monoisotopic (exact) mass is 325 g/mol. The maximum atomic E-state index is 12.2. The number of hydrazine groups is 1. The van der Waals surface area contributed by atoms with Crippen LogP contribution in [0.5, 0.6) is 0 Å². The Morgan fingerprint density at radius 1 is 1.33 bits per heavy atom. The van der Waals surface area contributed by atoms with E-state index in [1.54, 1.807) is 0 Å². The Kier molecular flexibility index (Phi) is 4.46. The van der Waals surface area contributed by atoms with Crippen LogP contribution in [0.4, 0.5) is 10.9 Å². The van der Waals surface area contributed by atoms with E-state index in [0.29, 0.717) is 16.5 Å². The summed E-state index contributed by atoms with van der Waals surface area (Å²) in [7, 11) is 0. The zero-order valence-electron chi connectivity index (χ0n) is 11.9. The van der Waals surface area contributed by atoms with E-state index < -0.39 is 0 Å². The molecule has 2 aromatic heterocycles. The first-order valence-electron chi connectivity index (χ1n) is 6.21. The zero-order chi connectivity index (χ0) is 15.6. The van der Waals surface area contributed by atoms with Gasteiger partial charge in [0.05, 0.1) is 5.69 Å². The fourth-order valence-electron chi connectivity index (χ4n) is 1.55. The average Bonchev–Trinajstić information content (AvgIpc) is 2.86. The van der Waals surface area contributed by atoms with Crippen LogP contribution in [0.1, 0.15) is 36.8 Å². The van der Waals surface area contributed by atoms with Gasteiger partial charge < -0.3 is 5.43 Å². The molecule has 0 fully saturated rings. The Morgan fingerprint density at radius 3 is 2.62 bits per heavy atom. The number of carbonyl (C=O) groups excluding carboxylic acids is 1. The molecule has 6 nitrogen and oxygen atoms in total. The normalized spacial score (nSPS) is 11.3. The van der Waals surface area contributed by atoms with Crippen LogP contribution >= 0.6 is 22.9 Å². The molecule has 0 aromatic carbocycles. The summed E-state index contributed by atoms with van der Waals surface area (Å²) in [6, 6.07) is 2.98. The maximum absolute atomic E-state index is 12.2. The quantitative estimate of drug-likeness (QED) is 0.458. The third-order valence-electron chi connectivity index (χ3n) is 2.70. The minimum absolute atomic E-state index is 0.0594. The summed E-state index contributed by atoms with van der Waals surface area (Å²) in [4.78, 5) is 20.5. The molecule has 1 amide bonds. The third kappa shape index (κ3) is 3.90. The van der Waals surface area contributed by atoms with Crippen LogP contribution in [0, 0.1) is 0 Å². The number of rotatable bonds is 3. The van der Waals surface area contributed by atoms with Gasteiger partial charge in [0, 0.05) is 16.4 Å². The van der Waals surface area contributed by atoms with Crippen LogP contribution in [-0.4, -0.2) is 15.9 Å². The Bertz CT molecular complexity index is 665. The second kappa shape index (κ2) is 5.97. The predicted octanol–water partition coefficient (Wildman–Crippen LogP) is 3.03. The molecule has 0 aliphatic rings.